The third kappa shape index (κ3) is 1.76. The van der Waals surface area contributed by atoms with Crippen LogP contribution in [0.25, 0.3) is 0 Å². The van der Waals surface area contributed by atoms with Crippen molar-refractivity contribution in [3.8, 4) is 0 Å². The zero-order chi connectivity index (χ0) is 7.40. The van der Waals surface area contributed by atoms with Gasteiger partial charge in [-0.1, -0.05) is 0 Å². The maximum atomic E-state index is 9.72. The Hall–Kier alpha value is -0.990. The molecule has 50 valence electrons. The molecule has 1 aromatic heterocycles. The van der Waals surface area contributed by atoms with E-state index in [1.165, 1.54) is 6.08 Å². The number of nitrogens with zero attached hydrogens (tertiary/aromatic N) is 2. The average Bonchev–Trinajstić information content (AvgIpc) is 1.95. The maximum absolute atomic E-state index is 9.72. The first-order chi connectivity index (χ1) is 4.83. The highest BCUT2D eigenvalue weighted by atomic mass is 79.9. The number of carbonyl (C=O) groups excluding carboxylic acids is 1. The highest BCUT2D eigenvalue weighted by Crippen LogP contribution is 2.11. The van der Waals surface area contributed by atoms with Gasteiger partial charge in [0.25, 0.3) is 0 Å². The number of pyridine rings is 1. The molecule has 0 aromatic carbocycles. The molecule has 1 rings (SSSR count). The number of hydrogen-bond donors (Lipinski definition) is 0. The molecule has 0 atom stereocenters. The SMILES string of the molecule is O=C=Nc1ccc(Br)cn1. The molecule has 0 aliphatic carbocycles. The van der Waals surface area contributed by atoms with Crippen molar-refractivity contribution in [2.75, 3.05) is 0 Å². The number of aliphatic imine (C=N–C) groups is 1. The molecule has 0 N–H and O–H groups in total. The summed E-state index contributed by atoms with van der Waals surface area (Å²) in [5.74, 6) is 0.373. The molecule has 0 saturated carbocycles. The highest BCUT2D eigenvalue weighted by molar-refractivity contribution is 9.10. The van der Waals surface area contributed by atoms with Gasteiger partial charge >= 0.3 is 0 Å². The second-order valence-corrected chi connectivity index (χ2v) is 2.45. The van der Waals surface area contributed by atoms with Gasteiger partial charge in [0.2, 0.25) is 6.08 Å². The molecule has 0 aliphatic heterocycles. The fourth-order valence-corrected chi connectivity index (χ4v) is 0.715. The molecule has 4 heteroatoms. The zero-order valence-electron chi connectivity index (χ0n) is 4.91. The molecular formula is C6H3BrN2O. The minimum absolute atomic E-state index is 0.373. The lowest BCUT2D eigenvalue weighted by atomic mass is 10.5. The first-order valence-corrected chi connectivity index (χ1v) is 3.31. The Morgan fingerprint density at radius 2 is 2.40 bits per heavy atom. The molecule has 0 bridgehead atoms. The number of hydrogen-bond acceptors (Lipinski definition) is 3. The van der Waals surface area contributed by atoms with Crippen LogP contribution < -0.4 is 0 Å². The van der Waals surface area contributed by atoms with E-state index in [0.29, 0.717) is 5.82 Å². The monoisotopic (exact) mass is 198 g/mol. The van der Waals surface area contributed by atoms with Gasteiger partial charge in [0, 0.05) is 10.7 Å². The van der Waals surface area contributed by atoms with Crippen LogP contribution >= 0.6 is 15.9 Å². The number of aromatic nitrogens is 1. The van der Waals surface area contributed by atoms with Gasteiger partial charge in [0.05, 0.1) is 0 Å². The lowest BCUT2D eigenvalue weighted by Gasteiger charge is -1.87. The largest absolute Gasteiger partial charge is 0.242 e. The van der Waals surface area contributed by atoms with Crippen molar-refractivity contribution >= 4 is 27.8 Å². The second kappa shape index (κ2) is 3.25. The van der Waals surface area contributed by atoms with E-state index in [9.17, 15) is 4.79 Å². The van der Waals surface area contributed by atoms with Gasteiger partial charge in [-0.2, -0.15) is 0 Å². The fourth-order valence-electron chi connectivity index (χ4n) is 0.481. The van der Waals surface area contributed by atoms with Gasteiger partial charge in [-0.3, -0.25) is 0 Å². The van der Waals surface area contributed by atoms with Crippen molar-refractivity contribution in [2.24, 2.45) is 4.99 Å². The Morgan fingerprint density at radius 3 is 2.90 bits per heavy atom. The quantitative estimate of drug-likeness (QED) is 0.511. The molecule has 0 saturated heterocycles. The summed E-state index contributed by atoms with van der Waals surface area (Å²) >= 11 is 3.19. The van der Waals surface area contributed by atoms with Gasteiger partial charge in [0.1, 0.15) is 0 Å². The molecule has 1 aromatic rings. The van der Waals surface area contributed by atoms with E-state index in [2.05, 4.69) is 25.9 Å². The standard InChI is InChI=1S/C6H3BrN2O/c7-5-1-2-6(8-3-5)9-4-10/h1-3H. The number of rotatable bonds is 1. The van der Waals surface area contributed by atoms with Crippen molar-refractivity contribution in [2.45, 2.75) is 0 Å². The first kappa shape index (κ1) is 7.12. The van der Waals surface area contributed by atoms with Gasteiger partial charge in [0.15, 0.2) is 5.82 Å². The van der Waals surface area contributed by atoms with E-state index >= 15 is 0 Å². The second-order valence-electron chi connectivity index (χ2n) is 1.54. The summed E-state index contributed by atoms with van der Waals surface area (Å²) in [6.07, 6.45) is 2.97. The fraction of sp³-hybridized carbons (Fsp3) is 0. The minimum Gasteiger partial charge on any atom is -0.235 e. The van der Waals surface area contributed by atoms with Crippen LogP contribution in [-0.2, 0) is 4.79 Å². The molecule has 0 fully saturated rings. The summed E-state index contributed by atoms with van der Waals surface area (Å²) in [6, 6.07) is 3.37. The van der Waals surface area contributed by atoms with Crippen molar-refractivity contribution in [1.82, 2.24) is 4.98 Å². The average molecular weight is 199 g/mol. The molecule has 10 heavy (non-hydrogen) atoms. The molecule has 3 nitrogen and oxygen atoms in total. The normalized spacial score (nSPS) is 8.50. The molecule has 0 radical (unpaired) electrons. The van der Waals surface area contributed by atoms with Gasteiger partial charge in [-0.25, -0.2) is 9.78 Å². The molecule has 0 unspecified atom stereocenters. The Balaban J connectivity index is 3.00. The summed E-state index contributed by atoms with van der Waals surface area (Å²) in [4.78, 5) is 16.8. The number of isocyanates is 1. The smallest absolute Gasteiger partial charge is 0.235 e. The maximum Gasteiger partial charge on any atom is 0.242 e. The molecule has 0 amide bonds. The van der Waals surface area contributed by atoms with E-state index < -0.39 is 0 Å². The Labute approximate surface area is 65.9 Å². The summed E-state index contributed by atoms with van der Waals surface area (Å²) in [7, 11) is 0. The van der Waals surface area contributed by atoms with Crippen LogP contribution in [0.3, 0.4) is 0 Å². The van der Waals surface area contributed by atoms with Crippen LogP contribution in [0.2, 0.25) is 0 Å². The predicted molar refractivity (Wildman–Crippen MR) is 39.7 cm³/mol. The molecule has 0 aliphatic rings. The third-order valence-corrected chi connectivity index (χ3v) is 1.34. The summed E-state index contributed by atoms with van der Waals surface area (Å²) in [5, 5.41) is 0. The zero-order valence-corrected chi connectivity index (χ0v) is 6.50. The highest BCUT2D eigenvalue weighted by Gasteiger charge is 1.88. The van der Waals surface area contributed by atoms with Crippen LogP contribution in [0.15, 0.2) is 27.8 Å². The van der Waals surface area contributed by atoms with Crippen molar-refractivity contribution < 1.29 is 4.79 Å². The van der Waals surface area contributed by atoms with Crippen molar-refractivity contribution in [1.29, 1.82) is 0 Å². The lowest BCUT2D eigenvalue weighted by Crippen LogP contribution is -1.71. The summed E-state index contributed by atoms with van der Waals surface area (Å²) < 4.78 is 0.859. The minimum atomic E-state index is 0.373. The van der Waals surface area contributed by atoms with E-state index in [1.807, 2.05) is 0 Å². The lowest BCUT2D eigenvalue weighted by molar-refractivity contribution is 0.565. The van der Waals surface area contributed by atoms with Crippen LogP contribution in [0.1, 0.15) is 0 Å². The Kier molecular flexibility index (Phi) is 2.31. The van der Waals surface area contributed by atoms with E-state index in [0.717, 1.165) is 4.47 Å². The Bertz CT molecular complexity index is 264. The van der Waals surface area contributed by atoms with Crippen LogP contribution in [0, 0.1) is 0 Å². The van der Waals surface area contributed by atoms with Crippen LogP contribution in [0.4, 0.5) is 5.82 Å². The van der Waals surface area contributed by atoms with Gasteiger partial charge in [-0.05, 0) is 28.1 Å². The molecular weight excluding hydrogens is 196 g/mol. The van der Waals surface area contributed by atoms with Crippen molar-refractivity contribution in [3.05, 3.63) is 22.8 Å². The van der Waals surface area contributed by atoms with E-state index in [1.54, 1.807) is 18.3 Å². The van der Waals surface area contributed by atoms with Crippen LogP contribution in [0.5, 0.6) is 0 Å². The molecule has 0 spiro atoms. The van der Waals surface area contributed by atoms with E-state index in [-0.39, 0.29) is 0 Å². The molecule has 1 heterocycles. The predicted octanol–water partition coefficient (Wildman–Crippen LogP) is 1.81. The summed E-state index contributed by atoms with van der Waals surface area (Å²) in [5.41, 5.74) is 0. The first-order valence-electron chi connectivity index (χ1n) is 2.52. The van der Waals surface area contributed by atoms with E-state index in [4.69, 9.17) is 0 Å². The topological polar surface area (TPSA) is 42.3 Å². The van der Waals surface area contributed by atoms with Gasteiger partial charge < -0.3 is 0 Å². The van der Waals surface area contributed by atoms with Crippen molar-refractivity contribution in [3.63, 3.8) is 0 Å². The summed E-state index contributed by atoms with van der Waals surface area (Å²) in [6.45, 7) is 0. The number of halogens is 1. The van der Waals surface area contributed by atoms with Crippen LogP contribution in [-0.4, -0.2) is 11.1 Å². The third-order valence-electron chi connectivity index (χ3n) is 0.872. The Morgan fingerprint density at radius 1 is 1.60 bits per heavy atom. The van der Waals surface area contributed by atoms with Gasteiger partial charge in [-0.15, -0.1) is 4.99 Å².